The Balaban J connectivity index is 2.28. The molecule has 1 fully saturated rings. The highest BCUT2D eigenvalue weighted by molar-refractivity contribution is 5.89. The molecule has 1 saturated carbocycles. The largest absolute Gasteiger partial charge is 0.363 e. The molecule has 2 rings (SSSR count). The minimum absolute atomic E-state index is 0.296. The van der Waals surface area contributed by atoms with Crippen molar-refractivity contribution in [3.63, 3.8) is 0 Å². The fraction of sp³-hybridized carbons (Fsp3) is 0.600. The van der Waals surface area contributed by atoms with E-state index in [4.69, 9.17) is 5.73 Å². The van der Waals surface area contributed by atoms with Crippen molar-refractivity contribution in [1.82, 2.24) is 9.97 Å². The minimum atomic E-state index is -0.475. The molecule has 0 bridgehead atoms. The summed E-state index contributed by atoms with van der Waals surface area (Å²) >= 11 is 0. The summed E-state index contributed by atoms with van der Waals surface area (Å²) in [6.45, 7) is 1.95. The van der Waals surface area contributed by atoms with Crippen LogP contribution < -0.4 is 5.73 Å². The summed E-state index contributed by atoms with van der Waals surface area (Å²) in [6, 6.07) is 0. The number of carbonyl (C=O) groups excluding carboxylic acids is 1. The lowest BCUT2D eigenvalue weighted by molar-refractivity contribution is 0.0991. The Labute approximate surface area is 82.9 Å². The Morgan fingerprint density at radius 2 is 2.14 bits per heavy atom. The number of aryl methyl sites for hydroxylation is 1. The number of imidazole rings is 1. The SMILES string of the molecule is Cc1[nH]c(C(N)=O)nc1C1CCCC1. The Morgan fingerprint density at radius 1 is 1.50 bits per heavy atom. The monoisotopic (exact) mass is 193 g/mol. The van der Waals surface area contributed by atoms with Crippen molar-refractivity contribution in [2.45, 2.75) is 38.5 Å². The fourth-order valence-electron chi connectivity index (χ4n) is 2.19. The number of nitrogens with zero attached hydrogens (tertiary/aromatic N) is 1. The van der Waals surface area contributed by atoms with E-state index in [0.29, 0.717) is 11.7 Å². The number of hydrogen-bond donors (Lipinski definition) is 2. The summed E-state index contributed by atoms with van der Waals surface area (Å²) in [7, 11) is 0. The average molecular weight is 193 g/mol. The van der Waals surface area contributed by atoms with Crippen molar-refractivity contribution in [2.24, 2.45) is 5.73 Å². The van der Waals surface area contributed by atoms with Crippen LogP contribution in [0.4, 0.5) is 0 Å². The van der Waals surface area contributed by atoms with E-state index in [1.807, 2.05) is 6.92 Å². The summed E-state index contributed by atoms with van der Waals surface area (Å²) in [5.41, 5.74) is 7.19. The Morgan fingerprint density at radius 3 is 2.64 bits per heavy atom. The van der Waals surface area contributed by atoms with Crippen LogP contribution in [0.1, 0.15) is 53.6 Å². The fourth-order valence-corrected chi connectivity index (χ4v) is 2.19. The molecule has 1 aliphatic rings. The van der Waals surface area contributed by atoms with Gasteiger partial charge in [0.25, 0.3) is 5.91 Å². The summed E-state index contributed by atoms with van der Waals surface area (Å²) < 4.78 is 0. The second-order valence-electron chi connectivity index (χ2n) is 3.94. The van der Waals surface area contributed by atoms with E-state index in [1.165, 1.54) is 25.7 Å². The van der Waals surface area contributed by atoms with Gasteiger partial charge < -0.3 is 10.7 Å². The highest BCUT2D eigenvalue weighted by atomic mass is 16.1. The third-order valence-electron chi connectivity index (χ3n) is 2.90. The molecule has 1 aliphatic carbocycles. The van der Waals surface area contributed by atoms with Gasteiger partial charge in [0.1, 0.15) is 0 Å². The number of H-pyrrole nitrogens is 1. The molecule has 1 aromatic heterocycles. The molecule has 0 atom stereocenters. The third kappa shape index (κ3) is 1.52. The lowest BCUT2D eigenvalue weighted by Crippen LogP contribution is -2.13. The first-order valence-corrected chi connectivity index (χ1v) is 5.05. The molecule has 1 amide bonds. The van der Waals surface area contributed by atoms with Gasteiger partial charge in [-0.25, -0.2) is 4.98 Å². The Hall–Kier alpha value is -1.32. The predicted octanol–water partition coefficient (Wildman–Crippen LogP) is 1.47. The highest BCUT2D eigenvalue weighted by Gasteiger charge is 2.22. The van der Waals surface area contributed by atoms with Crippen LogP contribution in [0.25, 0.3) is 0 Å². The molecular weight excluding hydrogens is 178 g/mol. The lowest BCUT2D eigenvalue weighted by atomic mass is 10.0. The molecule has 1 aromatic rings. The first-order valence-electron chi connectivity index (χ1n) is 5.05. The van der Waals surface area contributed by atoms with E-state index in [2.05, 4.69) is 9.97 Å². The van der Waals surface area contributed by atoms with Crippen LogP contribution in [0.15, 0.2) is 0 Å². The van der Waals surface area contributed by atoms with Crippen molar-refractivity contribution in [2.75, 3.05) is 0 Å². The molecule has 0 saturated heterocycles. The van der Waals surface area contributed by atoms with Gasteiger partial charge in [-0.15, -0.1) is 0 Å². The van der Waals surface area contributed by atoms with Crippen molar-refractivity contribution in [3.05, 3.63) is 17.2 Å². The van der Waals surface area contributed by atoms with E-state index < -0.39 is 5.91 Å². The standard InChI is InChI=1S/C10H15N3O/c1-6-8(7-4-2-3-5-7)13-10(12-6)9(11)14/h7H,2-5H2,1H3,(H2,11,14)(H,12,13). The van der Waals surface area contributed by atoms with Crippen molar-refractivity contribution in [1.29, 1.82) is 0 Å². The molecule has 3 N–H and O–H groups in total. The molecule has 0 radical (unpaired) electrons. The maximum atomic E-state index is 10.9. The molecule has 1 heterocycles. The number of hydrogen-bond acceptors (Lipinski definition) is 2. The van der Waals surface area contributed by atoms with Crippen LogP contribution in [-0.2, 0) is 0 Å². The van der Waals surface area contributed by atoms with Gasteiger partial charge in [0.15, 0.2) is 5.82 Å². The van der Waals surface area contributed by atoms with Crippen LogP contribution in [0.5, 0.6) is 0 Å². The van der Waals surface area contributed by atoms with Crippen LogP contribution in [0.3, 0.4) is 0 Å². The van der Waals surface area contributed by atoms with Gasteiger partial charge in [-0.3, -0.25) is 4.79 Å². The molecule has 4 nitrogen and oxygen atoms in total. The second kappa shape index (κ2) is 3.44. The minimum Gasteiger partial charge on any atom is -0.363 e. The van der Waals surface area contributed by atoms with Gasteiger partial charge in [-0.2, -0.15) is 0 Å². The molecule has 76 valence electrons. The number of carbonyl (C=O) groups is 1. The Kier molecular flexibility index (Phi) is 2.27. The maximum Gasteiger partial charge on any atom is 0.284 e. The van der Waals surface area contributed by atoms with Crippen molar-refractivity contribution in [3.8, 4) is 0 Å². The molecule has 0 spiro atoms. The molecule has 0 unspecified atom stereocenters. The lowest BCUT2D eigenvalue weighted by Gasteiger charge is -2.05. The van der Waals surface area contributed by atoms with Crippen LogP contribution in [0.2, 0.25) is 0 Å². The van der Waals surface area contributed by atoms with Gasteiger partial charge in [0.05, 0.1) is 5.69 Å². The van der Waals surface area contributed by atoms with E-state index in [9.17, 15) is 4.79 Å². The van der Waals surface area contributed by atoms with Crippen molar-refractivity contribution >= 4 is 5.91 Å². The Bertz CT molecular complexity index is 350. The quantitative estimate of drug-likeness (QED) is 0.746. The zero-order chi connectivity index (χ0) is 10.1. The number of primary amides is 1. The zero-order valence-corrected chi connectivity index (χ0v) is 8.34. The van der Waals surface area contributed by atoms with Crippen LogP contribution >= 0.6 is 0 Å². The van der Waals surface area contributed by atoms with Gasteiger partial charge in [0, 0.05) is 11.6 Å². The van der Waals surface area contributed by atoms with E-state index >= 15 is 0 Å². The van der Waals surface area contributed by atoms with Crippen LogP contribution in [-0.4, -0.2) is 15.9 Å². The number of aromatic amines is 1. The van der Waals surface area contributed by atoms with Gasteiger partial charge in [-0.1, -0.05) is 12.8 Å². The topological polar surface area (TPSA) is 71.8 Å². The first kappa shape index (κ1) is 9.24. The molecule has 0 aliphatic heterocycles. The second-order valence-corrected chi connectivity index (χ2v) is 3.94. The van der Waals surface area contributed by atoms with E-state index in [0.717, 1.165) is 11.4 Å². The predicted molar refractivity (Wildman–Crippen MR) is 53.1 cm³/mol. The number of aromatic nitrogens is 2. The zero-order valence-electron chi connectivity index (χ0n) is 8.34. The number of amides is 1. The van der Waals surface area contributed by atoms with E-state index in [-0.39, 0.29) is 0 Å². The number of nitrogens with two attached hydrogens (primary N) is 1. The normalized spacial score (nSPS) is 17.5. The smallest absolute Gasteiger partial charge is 0.284 e. The maximum absolute atomic E-state index is 10.9. The summed E-state index contributed by atoms with van der Waals surface area (Å²) in [5, 5.41) is 0. The molecular formula is C10H15N3O. The molecule has 4 heteroatoms. The van der Waals surface area contributed by atoms with Crippen LogP contribution in [0, 0.1) is 6.92 Å². The average Bonchev–Trinajstić information content (AvgIpc) is 2.71. The summed E-state index contributed by atoms with van der Waals surface area (Å²) in [4.78, 5) is 18.1. The van der Waals surface area contributed by atoms with Crippen molar-refractivity contribution < 1.29 is 4.79 Å². The summed E-state index contributed by atoms with van der Waals surface area (Å²) in [6.07, 6.45) is 4.90. The number of rotatable bonds is 2. The van der Waals surface area contributed by atoms with Gasteiger partial charge in [0.2, 0.25) is 0 Å². The first-order chi connectivity index (χ1) is 6.68. The summed E-state index contributed by atoms with van der Waals surface area (Å²) in [5.74, 6) is 0.348. The highest BCUT2D eigenvalue weighted by Crippen LogP contribution is 2.34. The third-order valence-corrected chi connectivity index (χ3v) is 2.90. The van der Waals surface area contributed by atoms with E-state index in [1.54, 1.807) is 0 Å². The molecule has 0 aromatic carbocycles. The number of nitrogens with one attached hydrogen (secondary N) is 1. The van der Waals surface area contributed by atoms with Gasteiger partial charge in [-0.05, 0) is 19.8 Å². The molecule has 14 heavy (non-hydrogen) atoms. The van der Waals surface area contributed by atoms with Gasteiger partial charge >= 0.3 is 0 Å².